The maximum Gasteiger partial charge on any atom is 0.276 e. The van der Waals surface area contributed by atoms with E-state index in [-0.39, 0.29) is 10.6 Å². The zero-order valence-corrected chi connectivity index (χ0v) is 10.9. The van der Waals surface area contributed by atoms with Crippen molar-refractivity contribution in [3.8, 4) is 0 Å². The summed E-state index contributed by atoms with van der Waals surface area (Å²) >= 11 is 3.49. The Balaban J connectivity index is 2.27. The van der Waals surface area contributed by atoms with E-state index in [0.29, 0.717) is 5.56 Å². The third-order valence-corrected chi connectivity index (χ3v) is 3.55. The fourth-order valence-corrected chi connectivity index (χ4v) is 2.53. The normalized spacial score (nSPS) is 16.3. The largest absolute Gasteiger partial charge is 0.366 e. The molecule has 2 rings (SSSR count). The summed E-state index contributed by atoms with van der Waals surface area (Å²) in [7, 11) is 0. The Bertz CT molecular complexity index is 454. The molecule has 0 spiro atoms. The summed E-state index contributed by atoms with van der Waals surface area (Å²) in [5, 5.41) is 10.9. The summed E-state index contributed by atoms with van der Waals surface area (Å²) in [6, 6.07) is 6.77. The third kappa shape index (κ3) is 2.85. The molecule has 1 fully saturated rings. The summed E-state index contributed by atoms with van der Waals surface area (Å²) in [5.41, 5.74) is 0.778. The van der Waals surface area contributed by atoms with Crippen molar-refractivity contribution in [2.45, 2.75) is 12.8 Å². The predicted molar refractivity (Wildman–Crippen MR) is 70.8 cm³/mol. The van der Waals surface area contributed by atoms with Crippen LogP contribution in [0.1, 0.15) is 18.4 Å². The first-order valence-electron chi connectivity index (χ1n) is 5.54. The van der Waals surface area contributed by atoms with E-state index in [2.05, 4.69) is 20.8 Å². The standard InChI is InChI=1S/C12H13BrN2O2/c13-12(14-7-3-4-8-14)9-10-5-1-2-6-11(10)15(16)17/h1-2,5-6,9H,3-4,7-8H2/b12-9-. The van der Waals surface area contributed by atoms with Crippen LogP contribution in [0.25, 0.3) is 6.08 Å². The smallest absolute Gasteiger partial charge is 0.276 e. The van der Waals surface area contributed by atoms with Gasteiger partial charge in [-0.05, 0) is 40.9 Å². The lowest BCUT2D eigenvalue weighted by molar-refractivity contribution is -0.385. The monoisotopic (exact) mass is 296 g/mol. The summed E-state index contributed by atoms with van der Waals surface area (Å²) < 4.78 is 0.921. The van der Waals surface area contributed by atoms with E-state index < -0.39 is 0 Å². The van der Waals surface area contributed by atoms with E-state index >= 15 is 0 Å². The molecule has 4 nitrogen and oxygen atoms in total. The molecule has 0 unspecified atom stereocenters. The van der Waals surface area contributed by atoms with Crippen LogP contribution in [0.2, 0.25) is 0 Å². The first kappa shape index (κ1) is 12.1. The van der Waals surface area contributed by atoms with E-state index in [9.17, 15) is 10.1 Å². The second-order valence-electron chi connectivity index (χ2n) is 3.98. The van der Waals surface area contributed by atoms with Crippen molar-refractivity contribution >= 4 is 27.7 Å². The highest BCUT2D eigenvalue weighted by atomic mass is 79.9. The number of halogens is 1. The number of hydrogen-bond acceptors (Lipinski definition) is 3. The fourth-order valence-electron chi connectivity index (χ4n) is 1.93. The van der Waals surface area contributed by atoms with Gasteiger partial charge in [-0.15, -0.1) is 0 Å². The van der Waals surface area contributed by atoms with Crippen LogP contribution in [0.15, 0.2) is 28.9 Å². The van der Waals surface area contributed by atoms with Gasteiger partial charge in [0.15, 0.2) is 0 Å². The molecule has 0 aliphatic carbocycles. The second kappa shape index (κ2) is 5.31. The number of para-hydroxylation sites is 1. The molecule has 1 aliphatic rings. The molecule has 0 bridgehead atoms. The summed E-state index contributed by atoms with van der Waals surface area (Å²) in [4.78, 5) is 12.7. The van der Waals surface area contributed by atoms with Crippen LogP contribution in [0, 0.1) is 10.1 Å². The van der Waals surface area contributed by atoms with E-state index in [4.69, 9.17) is 0 Å². The van der Waals surface area contributed by atoms with Crippen molar-refractivity contribution in [1.82, 2.24) is 4.90 Å². The topological polar surface area (TPSA) is 46.4 Å². The number of likely N-dealkylation sites (tertiary alicyclic amines) is 1. The minimum atomic E-state index is -0.351. The van der Waals surface area contributed by atoms with Crippen molar-refractivity contribution in [2.24, 2.45) is 0 Å². The first-order chi connectivity index (χ1) is 8.18. The van der Waals surface area contributed by atoms with E-state index in [0.717, 1.165) is 17.7 Å². The van der Waals surface area contributed by atoms with Gasteiger partial charge in [-0.2, -0.15) is 0 Å². The van der Waals surface area contributed by atoms with Crippen LogP contribution < -0.4 is 0 Å². The van der Waals surface area contributed by atoms with Gasteiger partial charge < -0.3 is 4.90 Å². The molecule has 1 aromatic rings. The lowest BCUT2D eigenvalue weighted by atomic mass is 10.2. The van der Waals surface area contributed by atoms with E-state index in [1.165, 1.54) is 18.9 Å². The maximum absolute atomic E-state index is 10.9. The van der Waals surface area contributed by atoms with Gasteiger partial charge in [0.2, 0.25) is 0 Å². The molecule has 1 saturated heterocycles. The van der Waals surface area contributed by atoms with Crippen molar-refractivity contribution in [2.75, 3.05) is 13.1 Å². The van der Waals surface area contributed by atoms with Crippen LogP contribution in [-0.4, -0.2) is 22.9 Å². The number of rotatable bonds is 3. The highest BCUT2D eigenvalue weighted by Gasteiger charge is 2.15. The molecule has 0 saturated carbocycles. The molecule has 1 heterocycles. The number of nitrogens with zero attached hydrogens (tertiary/aromatic N) is 2. The zero-order chi connectivity index (χ0) is 12.3. The predicted octanol–water partition coefficient (Wildman–Crippen LogP) is 3.38. The molecule has 17 heavy (non-hydrogen) atoms. The Labute approximate surface area is 108 Å². The Kier molecular flexibility index (Phi) is 3.78. The third-order valence-electron chi connectivity index (χ3n) is 2.82. The molecule has 0 atom stereocenters. The molecule has 1 aromatic carbocycles. The number of hydrogen-bond donors (Lipinski definition) is 0. The van der Waals surface area contributed by atoms with E-state index in [1.54, 1.807) is 12.1 Å². The lowest BCUT2D eigenvalue weighted by Gasteiger charge is -2.16. The molecule has 5 heteroatoms. The molecule has 90 valence electrons. The number of benzene rings is 1. The minimum absolute atomic E-state index is 0.142. The van der Waals surface area contributed by atoms with Crippen molar-refractivity contribution in [3.05, 3.63) is 44.5 Å². The van der Waals surface area contributed by atoms with Gasteiger partial charge >= 0.3 is 0 Å². The molecule has 0 radical (unpaired) electrons. The van der Waals surface area contributed by atoms with Crippen molar-refractivity contribution in [3.63, 3.8) is 0 Å². The van der Waals surface area contributed by atoms with Crippen LogP contribution in [-0.2, 0) is 0 Å². The minimum Gasteiger partial charge on any atom is -0.366 e. The van der Waals surface area contributed by atoms with Gasteiger partial charge in [0.25, 0.3) is 5.69 Å². The zero-order valence-electron chi connectivity index (χ0n) is 9.30. The first-order valence-corrected chi connectivity index (χ1v) is 6.33. The molecular formula is C12H13BrN2O2. The molecular weight excluding hydrogens is 284 g/mol. The van der Waals surface area contributed by atoms with Gasteiger partial charge in [-0.25, -0.2) is 0 Å². The van der Waals surface area contributed by atoms with Gasteiger partial charge in [-0.3, -0.25) is 10.1 Å². The Morgan fingerprint density at radius 1 is 1.35 bits per heavy atom. The molecule has 1 aliphatic heterocycles. The summed E-state index contributed by atoms with van der Waals surface area (Å²) in [5.74, 6) is 0. The van der Waals surface area contributed by atoms with Gasteiger partial charge in [0, 0.05) is 19.2 Å². The van der Waals surface area contributed by atoms with E-state index in [1.807, 2.05) is 12.1 Å². The molecule has 0 amide bonds. The SMILES string of the molecule is O=[N+]([O-])c1ccccc1/C=C(/Br)N1CCCC1. The second-order valence-corrected chi connectivity index (χ2v) is 4.79. The number of nitro benzene ring substituents is 1. The van der Waals surface area contributed by atoms with Crippen molar-refractivity contribution in [1.29, 1.82) is 0 Å². The van der Waals surface area contributed by atoms with Crippen LogP contribution in [0.5, 0.6) is 0 Å². The molecule has 0 N–H and O–H groups in total. The molecule has 0 aromatic heterocycles. The quantitative estimate of drug-likeness (QED) is 0.488. The summed E-state index contributed by atoms with van der Waals surface area (Å²) in [6.45, 7) is 2.02. The van der Waals surface area contributed by atoms with Gasteiger partial charge in [0.05, 0.1) is 15.1 Å². The maximum atomic E-state index is 10.9. The number of nitro groups is 1. The Morgan fingerprint density at radius 2 is 2.00 bits per heavy atom. The Hall–Kier alpha value is -1.36. The van der Waals surface area contributed by atoms with Crippen LogP contribution >= 0.6 is 15.9 Å². The highest BCUT2D eigenvalue weighted by molar-refractivity contribution is 9.11. The Morgan fingerprint density at radius 3 is 2.65 bits per heavy atom. The van der Waals surface area contributed by atoms with Crippen LogP contribution in [0.4, 0.5) is 5.69 Å². The highest BCUT2D eigenvalue weighted by Crippen LogP contribution is 2.26. The van der Waals surface area contributed by atoms with Crippen molar-refractivity contribution < 1.29 is 4.92 Å². The van der Waals surface area contributed by atoms with Gasteiger partial charge in [0.1, 0.15) is 0 Å². The summed E-state index contributed by atoms with van der Waals surface area (Å²) in [6.07, 6.45) is 4.18. The average molecular weight is 297 g/mol. The fraction of sp³-hybridized carbons (Fsp3) is 0.333. The van der Waals surface area contributed by atoms with Crippen LogP contribution in [0.3, 0.4) is 0 Å². The van der Waals surface area contributed by atoms with Gasteiger partial charge in [-0.1, -0.05) is 12.1 Å². The lowest BCUT2D eigenvalue weighted by Crippen LogP contribution is -2.14. The average Bonchev–Trinajstić information content (AvgIpc) is 2.83.